The van der Waals surface area contributed by atoms with Crippen LogP contribution in [0.15, 0.2) is 25.3 Å². The number of Topliss-reactive ketones (excluding diaryl/α,β-unsaturated/α-hetero) is 1. The molecule has 0 heterocycles. The third kappa shape index (κ3) is 3.83. The Morgan fingerprint density at radius 2 is 1.67 bits per heavy atom. The summed E-state index contributed by atoms with van der Waals surface area (Å²) < 4.78 is 0. The molecule has 1 N–H and O–H groups in total. The average molecular weight is 252 g/mol. The van der Waals surface area contributed by atoms with Crippen molar-refractivity contribution in [2.45, 2.75) is 40.0 Å². The summed E-state index contributed by atoms with van der Waals surface area (Å²) in [5, 5.41) is 9.44. The van der Waals surface area contributed by atoms with Crippen LogP contribution in [0.5, 0.6) is 0 Å². The molecular weight excluding hydrogens is 228 g/mol. The lowest BCUT2D eigenvalue weighted by Gasteiger charge is -2.36. The molecule has 0 saturated carbocycles. The van der Waals surface area contributed by atoms with E-state index in [0.29, 0.717) is 19.3 Å². The van der Waals surface area contributed by atoms with E-state index in [1.165, 1.54) is 6.92 Å². The molecule has 0 spiro atoms. The Labute approximate surface area is 110 Å². The van der Waals surface area contributed by atoms with Crippen molar-refractivity contribution in [3.63, 3.8) is 0 Å². The summed E-state index contributed by atoms with van der Waals surface area (Å²) in [5.41, 5.74) is -0.903. The van der Waals surface area contributed by atoms with Crippen LogP contribution in [0.25, 0.3) is 0 Å². The van der Waals surface area contributed by atoms with Gasteiger partial charge in [0.1, 0.15) is 5.78 Å². The van der Waals surface area contributed by atoms with E-state index in [-0.39, 0.29) is 11.7 Å². The zero-order valence-electron chi connectivity index (χ0n) is 11.6. The molecule has 1 atom stereocenters. The highest BCUT2D eigenvalue weighted by molar-refractivity contribution is 5.88. The number of carbonyl (C=O) groups is 2. The summed E-state index contributed by atoms with van der Waals surface area (Å²) in [6.07, 6.45) is 4.48. The highest BCUT2D eigenvalue weighted by atomic mass is 16.4. The molecule has 0 aliphatic rings. The second-order valence-electron chi connectivity index (χ2n) is 5.22. The minimum atomic E-state index is -0.914. The second-order valence-corrected chi connectivity index (χ2v) is 5.22. The van der Waals surface area contributed by atoms with Gasteiger partial charge in [-0.25, -0.2) is 0 Å². The average Bonchev–Trinajstić information content (AvgIpc) is 2.24. The molecule has 0 aromatic carbocycles. The fraction of sp³-hybridized carbons (Fsp3) is 0.600. The van der Waals surface area contributed by atoms with Gasteiger partial charge < -0.3 is 5.11 Å². The number of carbonyl (C=O) groups excluding carboxylic acids is 1. The minimum Gasteiger partial charge on any atom is -0.481 e. The first-order chi connectivity index (χ1) is 8.31. The van der Waals surface area contributed by atoms with Gasteiger partial charge in [0.05, 0.1) is 5.92 Å². The van der Waals surface area contributed by atoms with Crippen LogP contribution in [-0.4, -0.2) is 16.9 Å². The van der Waals surface area contributed by atoms with Gasteiger partial charge in [0.2, 0.25) is 0 Å². The van der Waals surface area contributed by atoms with E-state index in [9.17, 15) is 14.7 Å². The Morgan fingerprint density at radius 1 is 1.22 bits per heavy atom. The summed E-state index contributed by atoms with van der Waals surface area (Å²) in [6.45, 7) is 12.7. The molecule has 3 heteroatoms. The van der Waals surface area contributed by atoms with E-state index in [2.05, 4.69) is 13.2 Å². The Morgan fingerprint density at radius 3 is 1.89 bits per heavy atom. The Balaban J connectivity index is 5.57. The van der Waals surface area contributed by atoms with E-state index >= 15 is 0 Å². The molecule has 0 fully saturated rings. The maximum Gasteiger partial charge on any atom is 0.307 e. The summed E-state index contributed by atoms with van der Waals surface area (Å²) in [6, 6.07) is 0. The number of hydrogen-bond acceptors (Lipinski definition) is 2. The number of aliphatic carboxylic acids is 1. The lowest BCUT2D eigenvalue weighted by atomic mass is 9.65. The quantitative estimate of drug-likeness (QED) is 0.639. The zero-order chi connectivity index (χ0) is 14.3. The third-order valence-corrected chi connectivity index (χ3v) is 3.39. The smallest absolute Gasteiger partial charge is 0.307 e. The van der Waals surface area contributed by atoms with Gasteiger partial charge in [0.25, 0.3) is 0 Å². The SMILES string of the molecule is C=CCC(CC=C)(C(C)=O)C(CC(C)C)C(=O)O. The van der Waals surface area contributed by atoms with Crippen LogP contribution in [0.4, 0.5) is 0 Å². The van der Waals surface area contributed by atoms with E-state index in [1.807, 2.05) is 13.8 Å². The fourth-order valence-electron chi connectivity index (χ4n) is 2.45. The molecule has 0 radical (unpaired) electrons. The second kappa shape index (κ2) is 7.14. The Kier molecular flexibility index (Phi) is 6.60. The van der Waals surface area contributed by atoms with Gasteiger partial charge in [0.15, 0.2) is 0 Å². The minimum absolute atomic E-state index is 0.102. The molecule has 0 aliphatic heterocycles. The van der Waals surface area contributed by atoms with Crippen LogP contribution in [0.2, 0.25) is 0 Å². The summed E-state index contributed by atoms with van der Waals surface area (Å²) in [5.74, 6) is -1.48. The summed E-state index contributed by atoms with van der Waals surface area (Å²) in [4.78, 5) is 23.5. The molecule has 0 bridgehead atoms. The van der Waals surface area contributed by atoms with Gasteiger partial charge in [-0.1, -0.05) is 26.0 Å². The van der Waals surface area contributed by atoms with Gasteiger partial charge in [0, 0.05) is 5.41 Å². The van der Waals surface area contributed by atoms with E-state index in [4.69, 9.17) is 0 Å². The van der Waals surface area contributed by atoms with Gasteiger partial charge in [-0.2, -0.15) is 0 Å². The van der Waals surface area contributed by atoms with E-state index in [0.717, 1.165) is 0 Å². The zero-order valence-corrected chi connectivity index (χ0v) is 11.6. The number of carboxylic acid groups (broad SMARTS) is 1. The van der Waals surface area contributed by atoms with Crippen molar-refractivity contribution in [2.75, 3.05) is 0 Å². The number of hydrogen-bond donors (Lipinski definition) is 1. The normalized spacial score (nSPS) is 13.1. The molecule has 0 amide bonds. The number of allylic oxidation sites excluding steroid dienone is 2. The molecular formula is C15H24O3. The summed E-state index contributed by atoms with van der Waals surface area (Å²) >= 11 is 0. The predicted molar refractivity (Wildman–Crippen MR) is 73.3 cm³/mol. The first kappa shape index (κ1) is 16.6. The monoisotopic (exact) mass is 252 g/mol. The standard InChI is InChI=1S/C15H24O3/c1-6-8-15(9-7-2,12(5)16)13(14(17)18)10-11(3)4/h6-7,11,13H,1-2,8-10H2,3-5H3,(H,17,18). The van der Waals surface area contributed by atoms with Crippen molar-refractivity contribution in [1.82, 2.24) is 0 Å². The molecule has 18 heavy (non-hydrogen) atoms. The van der Waals surface area contributed by atoms with Crippen LogP contribution >= 0.6 is 0 Å². The maximum atomic E-state index is 12.0. The first-order valence-corrected chi connectivity index (χ1v) is 6.27. The highest BCUT2D eigenvalue weighted by Gasteiger charge is 2.45. The first-order valence-electron chi connectivity index (χ1n) is 6.27. The van der Waals surface area contributed by atoms with Gasteiger partial charge >= 0.3 is 5.97 Å². The maximum absolute atomic E-state index is 12.0. The van der Waals surface area contributed by atoms with Gasteiger partial charge in [-0.05, 0) is 32.1 Å². The highest BCUT2D eigenvalue weighted by Crippen LogP contribution is 2.41. The van der Waals surface area contributed by atoms with Crippen LogP contribution in [0, 0.1) is 17.3 Å². The van der Waals surface area contributed by atoms with Crippen LogP contribution in [0.1, 0.15) is 40.0 Å². The van der Waals surface area contributed by atoms with Crippen molar-refractivity contribution in [3.05, 3.63) is 25.3 Å². The molecule has 1 unspecified atom stereocenters. The molecule has 0 aromatic rings. The lowest BCUT2D eigenvalue weighted by Crippen LogP contribution is -2.41. The molecule has 0 saturated heterocycles. The van der Waals surface area contributed by atoms with E-state index < -0.39 is 17.3 Å². The lowest BCUT2D eigenvalue weighted by molar-refractivity contribution is -0.152. The molecule has 0 aliphatic carbocycles. The van der Waals surface area contributed by atoms with Crippen molar-refractivity contribution < 1.29 is 14.7 Å². The number of carboxylic acids is 1. The number of rotatable bonds is 9. The predicted octanol–water partition coefficient (Wildman–Crippen LogP) is 3.46. The van der Waals surface area contributed by atoms with Crippen LogP contribution in [-0.2, 0) is 9.59 Å². The van der Waals surface area contributed by atoms with Crippen molar-refractivity contribution >= 4 is 11.8 Å². The van der Waals surface area contributed by atoms with Crippen molar-refractivity contribution in [3.8, 4) is 0 Å². The van der Waals surface area contributed by atoms with E-state index in [1.54, 1.807) is 12.2 Å². The molecule has 102 valence electrons. The Hall–Kier alpha value is -1.38. The van der Waals surface area contributed by atoms with Gasteiger partial charge in [-0.15, -0.1) is 13.2 Å². The van der Waals surface area contributed by atoms with Crippen LogP contribution in [0.3, 0.4) is 0 Å². The van der Waals surface area contributed by atoms with Crippen LogP contribution < -0.4 is 0 Å². The third-order valence-electron chi connectivity index (χ3n) is 3.39. The fourth-order valence-corrected chi connectivity index (χ4v) is 2.45. The molecule has 3 nitrogen and oxygen atoms in total. The largest absolute Gasteiger partial charge is 0.481 e. The van der Waals surface area contributed by atoms with Crippen molar-refractivity contribution in [1.29, 1.82) is 0 Å². The Bertz CT molecular complexity index is 319. The topological polar surface area (TPSA) is 54.4 Å². The summed E-state index contributed by atoms with van der Waals surface area (Å²) in [7, 11) is 0. The van der Waals surface area contributed by atoms with Gasteiger partial charge in [-0.3, -0.25) is 9.59 Å². The molecule has 0 aromatic heterocycles. The van der Waals surface area contributed by atoms with Crippen molar-refractivity contribution in [2.24, 2.45) is 17.3 Å². The number of ketones is 1. The molecule has 0 rings (SSSR count).